The van der Waals surface area contributed by atoms with Crippen LogP contribution in [0.15, 0.2) is 12.0 Å². The Morgan fingerprint density at radius 3 is 2.56 bits per heavy atom. The number of ether oxygens (including phenoxy) is 3. The maximum Gasteiger partial charge on any atom is 0.407 e. The fraction of sp³-hybridized carbons (Fsp3) is 0.815. The summed E-state index contributed by atoms with van der Waals surface area (Å²) >= 11 is 0. The van der Waals surface area contributed by atoms with Crippen molar-refractivity contribution in [2.75, 3.05) is 6.54 Å². The van der Waals surface area contributed by atoms with Crippen molar-refractivity contribution in [2.24, 2.45) is 22.7 Å². The lowest BCUT2D eigenvalue weighted by molar-refractivity contribution is -0.153. The lowest BCUT2D eigenvalue weighted by Crippen LogP contribution is -2.54. The molecule has 6 atom stereocenters. The second kappa shape index (κ2) is 12.3. The zero-order valence-corrected chi connectivity index (χ0v) is 22.7. The molecule has 9 heteroatoms. The number of hydrogen-bond acceptors (Lipinski definition) is 7. The molecule has 2 fully saturated rings. The highest BCUT2D eigenvalue weighted by Gasteiger charge is 2.61. The Morgan fingerprint density at radius 2 is 1.92 bits per heavy atom. The van der Waals surface area contributed by atoms with E-state index >= 15 is 0 Å². The molecule has 2 aliphatic carbocycles. The molecule has 0 aliphatic heterocycles. The maximum atomic E-state index is 12.0. The van der Waals surface area contributed by atoms with Gasteiger partial charge in [-0.25, -0.2) is 4.79 Å². The van der Waals surface area contributed by atoms with Gasteiger partial charge in [-0.15, -0.1) is 0 Å². The fourth-order valence-corrected chi connectivity index (χ4v) is 6.09. The summed E-state index contributed by atoms with van der Waals surface area (Å²) in [7, 11) is 0. The molecule has 0 saturated heterocycles. The second-order valence-electron chi connectivity index (χ2n) is 11.6. The Labute approximate surface area is 214 Å². The van der Waals surface area contributed by atoms with Crippen molar-refractivity contribution < 1.29 is 38.8 Å². The molecular weight excluding hydrogens is 466 g/mol. The van der Waals surface area contributed by atoms with Gasteiger partial charge in [-0.3, -0.25) is 9.59 Å². The predicted molar refractivity (Wildman–Crippen MR) is 134 cm³/mol. The summed E-state index contributed by atoms with van der Waals surface area (Å²) in [4.78, 5) is 33.1. The van der Waals surface area contributed by atoms with Gasteiger partial charge < -0.3 is 29.7 Å². The van der Waals surface area contributed by atoms with Gasteiger partial charge in [0.2, 0.25) is 0 Å². The average Bonchev–Trinajstić information content (AvgIpc) is 3.04. The third-order valence-electron chi connectivity index (χ3n) is 8.96. The van der Waals surface area contributed by atoms with Gasteiger partial charge in [-0.2, -0.15) is 0 Å². The normalized spacial score (nSPS) is 30.0. The first kappa shape index (κ1) is 29.9. The molecule has 9 nitrogen and oxygen atoms in total. The molecule has 1 amide bonds. The predicted octanol–water partition coefficient (Wildman–Crippen LogP) is 4.77. The van der Waals surface area contributed by atoms with Gasteiger partial charge in [0.1, 0.15) is 24.2 Å². The second-order valence-corrected chi connectivity index (χ2v) is 11.6. The quantitative estimate of drug-likeness (QED) is 0.183. The summed E-state index contributed by atoms with van der Waals surface area (Å²) in [6.45, 7) is 13.0. The van der Waals surface area contributed by atoms with Crippen LogP contribution in [-0.2, 0) is 23.8 Å². The number of carboxylic acids is 1. The van der Waals surface area contributed by atoms with Crippen LogP contribution in [0, 0.1) is 22.7 Å². The van der Waals surface area contributed by atoms with Crippen LogP contribution in [0.25, 0.3) is 0 Å². The van der Waals surface area contributed by atoms with E-state index in [1.54, 1.807) is 6.92 Å². The molecule has 2 rings (SSSR count). The number of amides is 1. The molecule has 3 N–H and O–H groups in total. The number of fused-ring (bicyclic) bond motifs is 1. The van der Waals surface area contributed by atoms with Gasteiger partial charge in [0, 0.05) is 18.4 Å². The molecule has 2 saturated carbocycles. The average molecular weight is 512 g/mol. The Hall–Kier alpha value is -2.29. The Balaban J connectivity index is 1.93. The van der Waals surface area contributed by atoms with Gasteiger partial charge in [0.05, 0.1) is 5.60 Å². The number of carboxylic acid groups (broad SMARTS) is 1. The molecule has 206 valence electrons. The van der Waals surface area contributed by atoms with E-state index in [0.717, 1.165) is 19.3 Å². The van der Waals surface area contributed by atoms with E-state index in [1.807, 2.05) is 6.92 Å². The minimum absolute atomic E-state index is 0.00556. The number of carbonyl (C=O) groups is 3. The van der Waals surface area contributed by atoms with E-state index in [-0.39, 0.29) is 41.9 Å². The van der Waals surface area contributed by atoms with Gasteiger partial charge >= 0.3 is 12.1 Å². The molecule has 0 aromatic rings. The first-order chi connectivity index (χ1) is 16.7. The van der Waals surface area contributed by atoms with Crippen LogP contribution in [0.1, 0.15) is 92.9 Å². The largest absolute Gasteiger partial charge is 0.491 e. The Morgan fingerprint density at radius 1 is 1.22 bits per heavy atom. The van der Waals surface area contributed by atoms with Crippen molar-refractivity contribution in [1.29, 1.82) is 0 Å². The smallest absolute Gasteiger partial charge is 0.407 e. The Kier molecular flexibility index (Phi) is 10.2. The SMILES string of the molecule is C/C(=C\OC=O)OC1CC[C@]2(O)C[C@@H](C(C)(C)[C@H](C)C[C@H](C)OC(=O)NCCCC(=O)O)CC[C@]12C. The summed E-state index contributed by atoms with van der Waals surface area (Å²) in [5.41, 5.74) is -1.30. The monoisotopic (exact) mass is 511 g/mol. The highest BCUT2D eigenvalue weighted by molar-refractivity contribution is 5.68. The zero-order valence-electron chi connectivity index (χ0n) is 22.7. The minimum atomic E-state index is -0.890. The van der Waals surface area contributed by atoms with Crippen LogP contribution in [0.5, 0.6) is 0 Å². The van der Waals surface area contributed by atoms with Gasteiger partial charge in [0.15, 0.2) is 0 Å². The number of carbonyl (C=O) groups excluding carboxylic acids is 2. The van der Waals surface area contributed by atoms with Crippen LogP contribution in [0.2, 0.25) is 0 Å². The molecule has 0 aromatic carbocycles. The van der Waals surface area contributed by atoms with Crippen molar-refractivity contribution >= 4 is 18.5 Å². The molecule has 0 spiro atoms. The van der Waals surface area contributed by atoms with Gasteiger partial charge in [-0.05, 0) is 76.0 Å². The van der Waals surface area contributed by atoms with Crippen LogP contribution >= 0.6 is 0 Å². The number of aliphatic carboxylic acids is 1. The number of hydrogen-bond donors (Lipinski definition) is 3. The molecule has 0 aromatic heterocycles. The number of rotatable bonds is 13. The highest BCUT2D eigenvalue weighted by atomic mass is 16.6. The van der Waals surface area contributed by atoms with E-state index in [4.69, 9.17) is 14.6 Å². The lowest BCUT2D eigenvalue weighted by atomic mass is 9.55. The van der Waals surface area contributed by atoms with Crippen LogP contribution in [-0.4, -0.2) is 53.1 Å². The Bertz CT molecular complexity index is 812. The van der Waals surface area contributed by atoms with Gasteiger partial charge in [-0.1, -0.05) is 27.7 Å². The van der Waals surface area contributed by atoms with Gasteiger partial charge in [0.25, 0.3) is 6.47 Å². The molecular formula is C27H45NO8. The summed E-state index contributed by atoms with van der Waals surface area (Å²) < 4.78 is 16.3. The maximum absolute atomic E-state index is 12.0. The molecule has 36 heavy (non-hydrogen) atoms. The first-order valence-corrected chi connectivity index (χ1v) is 13.1. The standard InChI is InChI=1S/C27H45NO8/c1-18(14-19(2)36-24(32)28-13-7-8-23(30)31)25(4,5)21-9-11-26(6)22(10-12-27(26,33)15-21)35-20(3)16-34-17-29/h16-19,21-22,33H,7-15H2,1-6H3,(H,28,32)(H,30,31)/b20-16+/t18-,19+,21+,22?,26-,27+/m1/s1. The summed E-state index contributed by atoms with van der Waals surface area (Å²) in [6, 6.07) is 0. The zero-order chi connectivity index (χ0) is 27.1. The van der Waals surface area contributed by atoms with Crippen molar-refractivity contribution in [2.45, 2.75) is 111 Å². The topological polar surface area (TPSA) is 131 Å². The molecule has 0 bridgehead atoms. The lowest BCUT2D eigenvalue weighted by Gasteiger charge is -2.53. The first-order valence-electron chi connectivity index (χ1n) is 13.1. The molecule has 0 heterocycles. The number of aliphatic hydroxyl groups is 1. The third kappa shape index (κ3) is 7.14. The summed E-state index contributed by atoms with van der Waals surface area (Å²) in [5.74, 6) is 0.174. The molecule has 1 unspecified atom stereocenters. The highest BCUT2D eigenvalue weighted by Crippen LogP contribution is 2.60. The van der Waals surface area contributed by atoms with Crippen LogP contribution in [0.4, 0.5) is 4.79 Å². The van der Waals surface area contributed by atoms with E-state index in [1.165, 1.54) is 6.26 Å². The van der Waals surface area contributed by atoms with E-state index in [9.17, 15) is 19.5 Å². The molecule has 2 aliphatic rings. The summed E-state index contributed by atoms with van der Waals surface area (Å²) in [6.07, 6.45) is 5.29. The number of alkyl carbamates (subject to hydrolysis) is 1. The van der Waals surface area contributed by atoms with Crippen molar-refractivity contribution in [3.63, 3.8) is 0 Å². The minimum Gasteiger partial charge on any atom is -0.491 e. The van der Waals surface area contributed by atoms with Crippen LogP contribution in [0.3, 0.4) is 0 Å². The van der Waals surface area contributed by atoms with Crippen molar-refractivity contribution in [1.82, 2.24) is 5.32 Å². The van der Waals surface area contributed by atoms with Crippen molar-refractivity contribution in [3.8, 4) is 0 Å². The fourth-order valence-electron chi connectivity index (χ4n) is 6.09. The number of allylic oxidation sites excluding steroid dienone is 1. The van der Waals surface area contributed by atoms with E-state index in [0.29, 0.717) is 43.8 Å². The molecule has 0 radical (unpaired) electrons. The number of nitrogens with one attached hydrogen (secondary N) is 1. The van der Waals surface area contributed by atoms with Crippen LogP contribution < -0.4 is 5.32 Å². The summed E-state index contributed by atoms with van der Waals surface area (Å²) in [5, 5.41) is 23.1. The van der Waals surface area contributed by atoms with Crippen molar-refractivity contribution in [3.05, 3.63) is 12.0 Å². The third-order valence-corrected chi connectivity index (χ3v) is 8.96. The van der Waals surface area contributed by atoms with E-state index < -0.39 is 17.7 Å². The van der Waals surface area contributed by atoms with E-state index in [2.05, 4.69) is 37.7 Å².